The van der Waals surface area contributed by atoms with Crippen LogP contribution in [0.15, 0.2) is 30.3 Å². The molecule has 0 radical (unpaired) electrons. The molecule has 33 heavy (non-hydrogen) atoms. The minimum Gasteiger partial charge on any atom is -0.453 e. The Bertz CT molecular complexity index is 1130. The van der Waals surface area contributed by atoms with Gasteiger partial charge in [-0.15, -0.1) is 0 Å². The van der Waals surface area contributed by atoms with Gasteiger partial charge in [-0.3, -0.25) is 12.5 Å². The van der Waals surface area contributed by atoms with Crippen LogP contribution in [0.1, 0.15) is 10.4 Å². The van der Waals surface area contributed by atoms with Crippen LogP contribution >= 0.6 is 0 Å². The fourth-order valence-electron chi connectivity index (χ4n) is 2.92. The topological polar surface area (TPSA) is 175 Å². The lowest BCUT2D eigenvalue weighted by atomic mass is 9.99. The molecule has 1 aromatic rings. The molecule has 0 N–H and O–H groups in total. The standard InChI is InChI=1S/C17H24O13S3/c1-25-17-15(30-33(4,23)24)14(28-16(18)11-8-6-5-7-9-11)13(29-32(3,21)22)12(27-17)10-26-31(2,19)20/h5-9,12-15,17H,10H2,1-4H3/t12-,13+,14+,15+,17+/m0/s1. The van der Waals surface area contributed by atoms with E-state index in [2.05, 4.69) is 0 Å². The number of carbonyl (C=O) groups excluding carboxylic acids is 1. The maximum Gasteiger partial charge on any atom is 0.338 e. The van der Waals surface area contributed by atoms with Crippen molar-refractivity contribution in [3.8, 4) is 0 Å². The molecule has 188 valence electrons. The zero-order valence-electron chi connectivity index (χ0n) is 18.0. The Morgan fingerprint density at radius 1 is 0.848 bits per heavy atom. The molecule has 0 bridgehead atoms. The summed E-state index contributed by atoms with van der Waals surface area (Å²) in [4.78, 5) is 12.7. The summed E-state index contributed by atoms with van der Waals surface area (Å²) in [5, 5.41) is 0. The van der Waals surface area contributed by atoms with Crippen molar-refractivity contribution in [1.82, 2.24) is 0 Å². The minimum absolute atomic E-state index is 0.0538. The fraction of sp³-hybridized carbons (Fsp3) is 0.588. The van der Waals surface area contributed by atoms with Gasteiger partial charge in [-0.1, -0.05) is 18.2 Å². The van der Waals surface area contributed by atoms with Gasteiger partial charge in [-0.2, -0.15) is 25.3 Å². The lowest BCUT2D eigenvalue weighted by Gasteiger charge is -2.43. The summed E-state index contributed by atoms with van der Waals surface area (Å²) < 4.78 is 101. The molecular weight excluding hydrogens is 508 g/mol. The first-order chi connectivity index (χ1) is 15.1. The first kappa shape index (κ1) is 27.6. The molecule has 0 amide bonds. The van der Waals surface area contributed by atoms with E-state index in [1.54, 1.807) is 6.07 Å². The van der Waals surface area contributed by atoms with Crippen LogP contribution in [0, 0.1) is 0 Å². The van der Waals surface area contributed by atoms with Gasteiger partial charge in [0, 0.05) is 7.11 Å². The second-order valence-electron chi connectivity index (χ2n) is 7.03. The Labute approximate surface area is 192 Å². The molecule has 0 aromatic heterocycles. The number of rotatable bonds is 10. The quantitative estimate of drug-likeness (QED) is 0.272. The molecule has 5 atom stereocenters. The number of hydrogen-bond donors (Lipinski definition) is 0. The SMILES string of the molecule is CO[C@@H]1O[C@@H](COS(C)(=O)=O)[C@@H](OS(C)(=O)=O)[C@@H](OC(=O)c2ccccc2)[C@H]1OS(C)(=O)=O. The highest BCUT2D eigenvalue weighted by Gasteiger charge is 2.53. The summed E-state index contributed by atoms with van der Waals surface area (Å²) in [6, 6.07) is 7.51. The van der Waals surface area contributed by atoms with Crippen molar-refractivity contribution in [2.75, 3.05) is 32.5 Å². The summed E-state index contributed by atoms with van der Waals surface area (Å²) in [5.41, 5.74) is 0.0538. The number of methoxy groups -OCH3 is 1. The highest BCUT2D eigenvalue weighted by atomic mass is 32.2. The molecule has 1 aromatic carbocycles. The largest absolute Gasteiger partial charge is 0.453 e. The van der Waals surface area contributed by atoms with Crippen molar-refractivity contribution >= 4 is 36.3 Å². The average Bonchev–Trinajstić information content (AvgIpc) is 2.67. The van der Waals surface area contributed by atoms with Gasteiger partial charge >= 0.3 is 5.97 Å². The van der Waals surface area contributed by atoms with Crippen LogP contribution in [-0.2, 0) is 57.1 Å². The van der Waals surface area contributed by atoms with E-state index < -0.39 is 73.6 Å². The monoisotopic (exact) mass is 532 g/mol. The van der Waals surface area contributed by atoms with E-state index in [0.29, 0.717) is 12.5 Å². The molecule has 1 fully saturated rings. The Morgan fingerprint density at radius 2 is 1.39 bits per heavy atom. The van der Waals surface area contributed by atoms with Gasteiger partial charge in [-0.05, 0) is 12.1 Å². The highest BCUT2D eigenvalue weighted by molar-refractivity contribution is 7.86. The summed E-state index contributed by atoms with van der Waals surface area (Å²) in [7, 11) is -11.3. The van der Waals surface area contributed by atoms with Crippen molar-refractivity contribution in [3.05, 3.63) is 35.9 Å². The normalized spacial score (nSPS) is 26.6. The number of benzene rings is 1. The molecule has 13 nitrogen and oxygen atoms in total. The van der Waals surface area contributed by atoms with Gasteiger partial charge in [0.1, 0.15) is 12.2 Å². The first-order valence-electron chi connectivity index (χ1n) is 9.15. The minimum atomic E-state index is -4.26. The Hall–Kier alpha value is -1.66. The van der Waals surface area contributed by atoms with Crippen LogP contribution in [0.5, 0.6) is 0 Å². The molecule has 1 aliphatic heterocycles. The number of hydrogen-bond acceptors (Lipinski definition) is 13. The third-order valence-electron chi connectivity index (χ3n) is 4.09. The van der Waals surface area contributed by atoms with Crippen molar-refractivity contribution in [1.29, 1.82) is 0 Å². The maximum absolute atomic E-state index is 12.7. The van der Waals surface area contributed by atoms with Crippen molar-refractivity contribution in [2.45, 2.75) is 30.7 Å². The average molecular weight is 533 g/mol. The lowest BCUT2D eigenvalue weighted by Crippen LogP contribution is -2.62. The van der Waals surface area contributed by atoms with Crippen molar-refractivity contribution in [3.63, 3.8) is 0 Å². The van der Waals surface area contributed by atoms with E-state index >= 15 is 0 Å². The molecular formula is C17H24O13S3. The van der Waals surface area contributed by atoms with Crippen LogP contribution in [0.25, 0.3) is 0 Å². The predicted octanol–water partition coefficient (Wildman–Crippen LogP) is -0.751. The molecule has 1 aliphatic rings. The Balaban J connectivity index is 2.53. The fourth-order valence-corrected chi connectivity index (χ4v) is 4.54. The van der Waals surface area contributed by atoms with Gasteiger partial charge in [-0.25, -0.2) is 4.79 Å². The number of ether oxygens (including phenoxy) is 3. The molecule has 2 rings (SSSR count). The lowest BCUT2D eigenvalue weighted by molar-refractivity contribution is -0.281. The third-order valence-corrected chi connectivity index (χ3v) is 5.80. The van der Waals surface area contributed by atoms with E-state index in [1.165, 1.54) is 24.3 Å². The van der Waals surface area contributed by atoms with E-state index in [0.717, 1.165) is 13.4 Å². The molecule has 1 heterocycles. The van der Waals surface area contributed by atoms with Crippen LogP contribution < -0.4 is 0 Å². The number of carbonyl (C=O) groups is 1. The molecule has 0 aliphatic carbocycles. The molecule has 1 saturated heterocycles. The van der Waals surface area contributed by atoms with Crippen LogP contribution in [0.3, 0.4) is 0 Å². The van der Waals surface area contributed by atoms with Gasteiger partial charge in [0.05, 0.1) is 30.9 Å². The summed E-state index contributed by atoms with van der Waals surface area (Å²) in [5.74, 6) is -0.968. The molecule has 0 unspecified atom stereocenters. The van der Waals surface area contributed by atoms with Gasteiger partial charge in [0.25, 0.3) is 30.4 Å². The molecule has 0 spiro atoms. The smallest absolute Gasteiger partial charge is 0.338 e. The molecule has 0 saturated carbocycles. The zero-order valence-corrected chi connectivity index (χ0v) is 20.5. The summed E-state index contributed by atoms with van der Waals surface area (Å²) >= 11 is 0. The maximum atomic E-state index is 12.7. The third kappa shape index (κ3) is 8.90. The zero-order chi connectivity index (χ0) is 25.0. The van der Waals surface area contributed by atoms with Gasteiger partial charge in [0.2, 0.25) is 0 Å². The van der Waals surface area contributed by atoms with E-state index in [9.17, 15) is 30.0 Å². The molecule has 16 heteroatoms. The predicted molar refractivity (Wildman–Crippen MR) is 112 cm³/mol. The second kappa shape index (κ2) is 10.7. The highest BCUT2D eigenvalue weighted by Crippen LogP contribution is 2.31. The van der Waals surface area contributed by atoms with E-state index in [-0.39, 0.29) is 5.56 Å². The Morgan fingerprint density at radius 3 is 1.88 bits per heavy atom. The first-order valence-corrected chi connectivity index (χ1v) is 14.6. The van der Waals surface area contributed by atoms with Gasteiger partial charge in [0.15, 0.2) is 18.5 Å². The van der Waals surface area contributed by atoms with Gasteiger partial charge < -0.3 is 14.2 Å². The number of esters is 1. The van der Waals surface area contributed by atoms with Crippen LogP contribution in [-0.4, -0.2) is 94.4 Å². The second-order valence-corrected chi connectivity index (χ2v) is 11.9. The van der Waals surface area contributed by atoms with E-state index in [4.69, 9.17) is 26.8 Å². The van der Waals surface area contributed by atoms with Crippen LogP contribution in [0.2, 0.25) is 0 Å². The Kier molecular flexibility index (Phi) is 8.97. The summed E-state index contributed by atoms with van der Waals surface area (Å²) in [6.07, 6.45) is -6.10. The van der Waals surface area contributed by atoms with Crippen molar-refractivity contribution < 1.29 is 56.8 Å². The van der Waals surface area contributed by atoms with E-state index in [1.807, 2.05) is 0 Å². The van der Waals surface area contributed by atoms with Crippen molar-refractivity contribution in [2.24, 2.45) is 0 Å². The van der Waals surface area contributed by atoms with Crippen LogP contribution in [0.4, 0.5) is 0 Å². The summed E-state index contributed by atoms with van der Waals surface area (Å²) in [6.45, 7) is -0.760.